The van der Waals surface area contributed by atoms with Gasteiger partial charge in [-0.1, -0.05) is 0 Å². The molecule has 5 nitrogen and oxygen atoms in total. The van der Waals surface area contributed by atoms with E-state index in [4.69, 9.17) is 19.7 Å². The van der Waals surface area contributed by atoms with Crippen LogP contribution in [0.4, 0.5) is 0 Å². The molecule has 16 heavy (non-hydrogen) atoms. The first-order valence-corrected chi connectivity index (χ1v) is 4.34. The maximum atomic E-state index is 8.81. The molecule has 1 aromatic carbocycles. The summed E-state index contributed by atoms with van der Waals surface area (Å²) in [5.74, 6) is 0.734. The van der Waals surface area contributed by atoms with Crippen LogP contribution >= 0.6 is 0 Å². The molecule has 0 fully saturated rings. The number of nitriles is 2. The Balaban J connectivity index is 2.31. The zero-order valence-corrected chi connectivity index (χ0v) is 8.04. The summed E-state index contributed by atoms with van der Waals surface area (Å²) in [4.78, 5) is 3.77. The third-order valence-corrected chi connectivity index (χ3v) is 1.86. The van der Waals surface area contributed by atoms with E-state index in [0.717, 1.165) is 0 Å². The van der Waals surface area contributed by atoms with Crippen LogP contribution in [0.25, 0.3) is 0 Å². The Morgan fingerprint density at radius 3 is 2.62 bits per heavy atom. The van der Waals surface area contributed by atoms with Gasteiger partial charge >= 0.3 is 0 Å². The van der Waals surface area contributed by atoms with Crippen LogP contribution in [0.2, 0.25) is 0 Å². The second kappa shape index (κ2) is 4.16. The predicted molar refractivity (Wildman–Crippen MR) is 52.4 cm³/mol. The van der Waals surface area contributed by atoms with Gasteiger partial charge in [0.25, 0.3) is 5.88 Å². The second-order valence-corrected chi connectivity index (χ2v) is 2.86. The average Bonchev–Trinajstić information content (AvgIpc) is 2.81. The van der Waals surface area contributed by atoms with Crippen LogP contribution in [0.1, 0.15) is 11.1 Å². The molecule has 5 heteroatoms. The number of benzene rings is 1. The Labute approximate surface area is 91.1 Å². The van der Waals surface area contributed by atoms with Crippen LogP contribution in [0.5, 0.6) is 11.6 Å². The molecule has 0 spiro atoms. The summed E-state index contributed by atoms with van der Waals surface area (Å²) in [5, 5.41) is 17.5. The molecule has 76 valence electrons. The first-order chi connectivity index (χ1) is 7.83. The van der Waals surface area contributed by atoms with E-state index >= 15 is 0 Å². The molecule has 0 aliphatic rings. The molecule has 0 amide bonds. The summed E-state index contributed by atoms with van der Waals surface area (Å²) in [6, 6.07) is 8.43. The molecule has 0 N–H and O–H groups in total. The van der Waals surface area contributed by atoms with Crippen molar-refractivity contribution in [2.24, 2.45) is 0 Å². The Kier molecular flexibility index (Phi) is 2.53. The molecule has 0 aliphatic carbocycles. The molecular weight excluding hydrogens is 206 g/mol. The smallest absolute Gasteiger partial charge is 0.258 e. The van der Waals surface area contributed by atoms with Crippen molar-refractivity contribution in [2.45, 2.75) is 0 Å². The van der Waals surface area contributed by atoms with Crippen molar-refractivity contribution < 1.29 is 9.15 Å². The second-order valence-electron chi connectivity index (χ2n) is 2.86. The van der Waals surface area contributed by atoms with Gasteiger partial charge in [0.05, 0.1) is 11.1 Å². The lowest BCUT2D eigenvalue weighted by Gasteiger charge is -2.01. The van der Waals surface area contributed by atoms with E-state index < -0.39 is 0 Å². The van der Waals surface area contributed by atoms with Crippen LogP contribution in [-0.4, -0.2) is 4.98 Å². The molecule has 2 rings (SSSR count). The number of nitrogens with zero attached hydrogens (tertiary/aromatic N) is 3. The minimum absolute atomic E-state index is 0.267. The number of rotatable bonds is 2. The molecule has 0 bridgehead atoms. The Bertz CT molecular complexity index is 576. The zero-order valence-electron chi connectivity index (χ0n) is 8.04. The van der Waals surface area contributed by atoms with Crippen molar-refractivity contribution in [1.82, 2.24) is 4.98 Å². The third kappa shape index (κ3) is 1.84. The first-order valence-electron chi connectivity index (χ1n) is 4.34. The quantitative estimate of drug-likeness (QED) is 0.760. The molecular formula is C11H5N3O2. The summed E-state index contributed by atoms with van der Waals surface area (Å²) in [7, 11) is 0. The lowest BCUT2D eigenvalue weighted by Crippen LogP contribution is -1.88. The van der Waals surface area contributed by atoms with Gasteiger partial charge in [-0.2, -0.15) is 15.5 Å². The first kappa shape index (κ1) is 9.75. The number of oxazole rings is 1. The summed E-state index contributed by atoms with van der Waals surface area (Å²) < 4.78 is 10.0. The lowest BCUT2D eigenvalue weighted by atomic mass is 10.1. The van der Waals surface area contributed by atoms with Crippen LogP contribution in [0.15, 0.2) is 35.3 Å². The Morgan fingerprint density at radius 1 is 1.19 bits per heavy atom. The van der Waals surface area contributed by atoms with Gasteiger partial charge in [0.15, 0.2) is 12.7 Å². The molecule has 0 atom stereocenters. The molecule has 1 aromatic heterocycles. The molecule has 1 heterocycles. The Morgan fingerprint density at radius 2 is 2.00 bits per heavy atom. The highest BCUT2D eigenvalue weighted by Gasteiger charge is 2.05. The fourth-order valence-electron chi connectivity index (χ4n) is 1.15. The third-order valence-electron chi connectivity index (χ3n) is 1.86. The van der Waals surface area contributed by atoms with Gasteiger partial charge in [-0.05, 0) is 18.2 Å². The van der Waals surface area contributed by atoms with Gasteiger partial charge in [-0.3, -0.25) is 0 Å². The molecule has 0 radical (unpaired) electrons. The summed E-state index contributed by atoms with van der Waals surface area (Å²) in [6.45, 7) is 0. The Hall–Kier alpha value is -2.79. The fourth-order valence-corrected chi connectivity index (χ4v) is 1.15. The van der Waals surface area contributed by atoms with Crippen molar-refractivity contribution in [3.8, 4) is 23.8 Å². The zero-order chi connectivity index (χ0) is 11.4. The van der Waals surface area contributed by atoms with Gasteiger partial charge in [0.2, 0.25) is 0 Å². The van der Waals surface area contributed by atoms with Crippen LogP contribution < -0.4 is 4.74 Å². The van der Waals surface area contributed by atoms with E-state index in [-0.39, 0.29) is 5.56 Å². The highest BCUT2D eigenvalue weighted by molar-refractivity contribution is 5.49. The van der Waals surface area contributed by atoms with E-state index in [1.54, 1.807) is 6.07 Å². The largest absolute Gasteiger partial charge is 0.448 e. The summed E-state index contributed by atoms with van der Waals surface area (Å²) >= 11 is 0. The summed E-state index contributed by atoms with van der Waals surface area (Å²) in [6.07, 6.45) is 2.58. The summed E-state index contributed by atoms with van der Waals surface area (Å²) in [5.41, 5.74) is 0.582. The van der Waals surface area contributed by atoms with E-state index in [9.17, 15) is 0 Å². The minimum atomic E-state index is 0.267. The van der Waals surface area contributed by atoms with Gasteiger partial charge in [0, 0.05) is 0 Å². The average molecular weight is 211 g/mol. The van der Waals surface area contributed by atoms with Crippen LogP contribution in [0.3, 0.4) is 0 Å². The van der Waals surface area contributed by atoms with Gasteiger partial charge in [-0.15, -0.1) is 0 Å². The van der Waals surface area contributed by atoms with Crippen molar-refractivity contribution in [1.29, 1.82) is 10.5 Å². The van der Waals surface area contributed by atoms with Crippen molar-refractivity contribution in [3.63, 3.8) is 0 Å². The maximum absolute atomic E-state index is 8.81. The SMILES string of the molecule is N#Cc1ccc(Oc2cocn2)cc1C#N. The predicted octanol–water partition coefficient (Wildman–Crippen LogP) is 2.21. The maximum Gasteiger partial charge on any atom is 0.258 e. The van der Waals surface area contributed by atoms with E-state index in [1.165, 1.54) is 24.8 Å². The van der Waals surface area contributed by atoms with Gasteiger partial charge in [-0.25, -0.2) is 0 Å². The lowest BCUT2D eigenvalue weighted by molar-refractivity contribution is 0.457. The van der Waals surface area contributed by atoms with E-state index in [1.807, 2.05) is 12.1 Å². The molecule has 0 saturated carbocycles. The van der Waals surface area contributed by atoms with Gasteiger partial charge in [0.1, 0.15) is 17.9 Å². The molecule has 0 saturated heterocycles. The number of hydrogen-bond acceptors (Lipinski definition) is 5. The van der Waals surface area contributed by atoms with Crippen molar-refractivity contribution in [2.75, 3.05) is 0 Å². The van der Waals surface area contributed by atoms with E-state index in [2.05, 4.69) is 4.98 Å². The highest BCUT2D eigenvalue weighted by atomic mass is 16.5. The standard InChI is InChI=1S/C11H5N3O2/c12-4-8-1-2-10(3-9(8)5-13)16-11-6-15-7-14-11/h1-3,6-7H. The number of hydrogen-bond donors (Lipinski definition) is 0. The normalized spacial score (nSPS) is 9.12. The molecule has 0 unspecified atom stereocenters. The highest BCUT2D eigenvalue weighted by Crippen LogP contribution is 2.22. The minimum Gasteiger partial charge on any atom is -0.448 e. The number of aromatic nitrogens is 1. The molecule has 2 aromatic rings. The number of ether oxygens (including phenoxy) is 1. The topological polar surface area (TPSA) is 82.8 Å². The fraction of sp³-hybridized carbons (Fsp3) is 0. The van der Waals surface area contributed by atoms with Crippen LogP contribution in [-0.2, 0) is 0 Å². The van der Waals surface area contributed by atoms with Gasteiger partial charge < -0.3 is 9.15 Å². The van der Waals surface area contributed by atoms with Crippen molar-refractivity contribution in [3.05, 3.63) is 42.0 Å². The monoisotopic (exact) mass is 211 g/mol. The van der Waals surface area contributed by atoms with Crippen LogP contribution in [0, 0.1) is 22.7 Å². The van der Waals surface area contributed by atoms with Crippen molar-refractivity contribution >= 4 is 0 Å². The van der Waals surface area contributed by atoms with E-state index in [0.29, 0.717) is 17.2 Å². The molecule has 0 aliphatic heterocycles.